The maximum absolute atomic E-state index is 15.2. The summed E-state index contributed by atoms with van der Waals surface area (Å²) < 4.78 is 55.5. The number of ether oxygens (including phenoxy) is 3. The lowest BCUT2D eigenvalue weighted by Crippen LogP contribution is -2.47. The first-order valence-corrected chi connectivity index (χ1v) is 12.6. The van der Waals surface area contributed by atoms with E-state index in [1.165, 1.54) is 24.3 Å². The number of benzene rings is 3. The number of hydrogen-bond acceptors (Lipinski definition) is 6. The van der Waals surface area contributed by atoms with Gasteiger partial charge in [0.1, 0.15) is 17.7 Å². The van der Waals surface area contributed by atoms with E-state index in [4.69, 9.17) is 19.3 Å². The number of hydrogen-bond donors (Lipinski definition) is 1. The predicted molar refractivity (Wildman–Crippen MR) is 137 cm³/mol. The second kappa shape index (κ2) is 8.92. The fourth-order valence-electron chi connectivity index (χ4n) is 4.57. The summed E-state index contributed by atoms with van der Waals surface area (Å²) in [7, 11) is -1.25. The van der Waals surface area contributed by atoms with Crippen LogP contribution in [0, 0.1) is 0 Å². The third-order valence-corrected chi connectivity index (χ3v) is 7.85. The summed E-state index contributed by atoms with van der Waals surface area (Å²) in [5, 5.41) is 7.52. The molecular weight excluding hydrogens is 483 g/mol. The van der Waals surface area contributed by atoms with Crippen molar-refractivity contribution in [3.63, 3.8) is 0 Å². The average Bonchev–Trinajstić information content (AvgIpc) is 2.87. The molecule has 7 nitrogen and oxygen atoms in total. The van der Waals surface area contributed by atoms with Crippen molar-refractivity contribution in [1.82, 2.24) is 4.98 Å². The molecule has 1 heterocycles. The highest BCUT2D eigenvalue weighted by atomic mass is 32.2. The molecule has 5 rings (SSSR count). The van der Waals surface area contributed by atoms with Crippen molar-refractivity contribution in [2.24, 2.45) is 5.14 Å². The Morgan fingerprint density at radius 3 is 2.44 bits per heavy atom. The molecule has 2 N–H and O–H groups in total. The number of allylic oxidation sites excluding steroid dienone is 3. The Labute approximate surface area is 207 Å². The average molecular weight is 507 g/mol. The summed E-state index contributed by atoms with van der Waals surface area (Å²) in [6.45, 7) is 0. The van der Waals surface area contributed by atoms with Gasteiger partial charge in [-0.2, -0.15) is 0 Å². The van der Waals surface area contributed by atoms with Crippen molar-refractivity contribution in [1.29, 1.82) is 0 Å². The lowest BCUT2D eigenvalue weighted by atomic mass is 9.86. The lowest BCUT2D eigenvalue weighted by Gasteiger charge is -2.33. The van der Waals surface area contributed by atoms with Gasteiger partial charge in [-0.3, -0.25) is 4.98 Å². The van der Waals surface area contributed by atoms with Crippen molar-refractivity contribution in [3.8, 4) is 23.0 Å². The number of rotatable bonds is 6. The second-order valence-corrected chi connectivity index (χ2v) is 10.1. The number of pyridine rings is 1. The van der Waals surface area contributed by atoms with Gasteiger partial charge >= 0.3 is 0 Å². The Morgan fingerprint density at radius 1 is 0.944 bits per heavy atom. The highest BCUT2D eigenvalue weighted by molar-refractivity contribution is 7.90. The third-order valence-electron chi connectivity index (χ3n) is 6.32. The van der Waals surface area contributed by atoms with E-state index in [9.17, 15) is 8.42 Å². The van der Waals surface area contributed by atoms with Gasteiger partial charge < -0.3 is 14.2 Å². The highest BCUT2D eigenvalue weighted by Gasteiger charge is 2.49. The fraction of sp³-hybridized carbons (Fsp3) is 0.148. The van der Waals surface area contributed by atoms with Crippen LogP contribution in [0.3, 0.4) is 0 Å². The summed E-state index contributed by atoms with van der Waals surface area (Å²) in [6, 6.07) is 15.5. The van der Waals surface area contributed by atoms with E-state index in [2.05, 4.69) is 4.98 Å². The monoisotopic (exact) mass is 506 g/mol. The molecule has 0 aliphatic heterocycles. The minimum atomic E-state index is -4.35. The SMILES string of the molecule is COc1cc2nccc(Oc3ccc4c(C5(S(N)(=O)=O)C=CC=CC5F)cccc4c3)c2cc1OC. The number of nitrogens with zero attached hydrogens (tertiary/aromatic N) is 1. The van der Waals surface area contributed by atoms with Gasteiger partial charge in [0, 0.05) is 17.6 Å². The molecule has 0 amide bonds. The first-order valence-electron chi connectivity index (χ1n) is 11.0. The maximum atomic E-state index is 15.2. The maximum Gasteiger partial charge on any atom is 0.225 e. The zero-order valence-electron chi connectivity index (χ0n) is 19.5. The molecule has 1 aliphatic rings. The number of methoxy groups -OCH3 is 2. The van der Waals surface area contributed by atoms with Crippen LogP contribution < -0.4 is 19.3 Å². The molecule has 4 aromatic rings. The van der Waals surface area contributed by atoms with Crippen LogP contribution in [0.15, 0.2) is 85.1 Å². The summed E-state index contributed by atoms with van der Waals surface area (Å²) in [5.41, 5.74) is 0.919. The Balaban J connectivity index is 1.61. The second-order valence-electron chi connectivity index (χ2n) is 8.31. The Kier molecular flexibility index (Phi) is 5.89. The number of halogens is 1. The first kappa shape index (κ1) is 23.8. The van der Waals surface area contributed by atoms with E-state index in [1.807, 2.05) is 0 Å². The van der Waals surface area contributed by atoms with Gasteiger partial charge in [0.2, 0.25) is 10.0 Å². The molecule has 1 aromatic heterocycles. The van der Waals surface area contributed by atoms with Crippen LogP contribution >= 0.6 is 0 Å². The van der Waals surface area contributed by atoms with E-state index >= 15 is 4.39 Å². The number of sulfonamides is 1. The molecule has 1 aliphatic carbocycles. The van der Waals surface area contributed by atoms with Crippen LogP contribution in [0.25, 0.3) is 21.7 Å². The van der Waals surface area contributed by atoms with Crippen LogP contribution in [0.5, 0.6) is 23.0 Å². The quantitative estimate of drug-likeness (QED) is 0.388. The Morgan fingerprint density at radius 2 is 1.72 bits per heavy atom. The van der Waals surface area contributed by atoms with Crippen LogP contribution in [0.4, 0.5) is 4.39 Å². The fourth-order valence-corrected chi connectivity index (χ4v) is 5.71. The van der Waals surface area contributed by atoms with Crippen LogP contribution in [0.1, 0.15) is 5.56 Å². The van der Waals surface area contributed by atoms with Gasteiger partial charge in [-0.15, -0.1) is 0 Å². The number of alkyl halides is 1. The summed E-state index contributed by atoms with van der Waals surface area (Å²) in [6.07, 6.45) is 5.25. The van der Waals surface area contributed by atoms with E-state index in [0.29, 0.717) is 39.3 Å². The number of nitrogens with two attached hydrogens (primary N) is 1. The van der Waals surface area contributed by atoms with E-state index < -0.39 is 20.9 Å². The topological polar surface area (TPSA) is 101 Å². The Hall–Kier alpha value is -3.95. The van der Waals surface area contributed by atoms with Crippen molar-refractivity contribution in [2.75, 3.05) is 14.2 Å². The van der Waals surface area contributed by atoms with Crippen molar-refractivity contribution in [3.05, 3.63) is 90.7 Å². The van der Waals surface area contributed by atoms with E-state index in [-0.39, 0.29) is 5.56 Å². The molecule has 3 aromatic carbocycles. The molecule has 2 unspecified atom stereocenters. The molecule has 9 heteroatoms. The van der Waals surface area contributed by atoms with Crippen LogP contribution in [-0.4, -0.2) is 33.8 Å². The molecule has 0 saturated heterocycles. The van der Waals surface area contributed by atoms with Gasteiger partial charge in [0.25, 0.3) is 0 Å². The first-order chi connectivity index (χ1) is 17.3. The van der Waals surface area contributed by atoms with Gasteiger partial charge in [-0.25, -0.2) is 17.9 Å². The van der Waals surface area contributed by atoms with Crippen molar-refractivity contribution in [2.45, 2.75) is 10.9 Å². The van der Waals surface area contributed by atoms with E-state index in [0.717, 1.165) is 5.39 Å². The van der Waals surface area contributed by atoms with Gasteiger partial charge in [-0.05, 0) is 46.7 Å². The lowest BCUT2D eigenvalue weighted by molar-refractivity contribution is 0.335. The molecule has 184 valence electrons. The third kappa shape index (κ3) is 3.77. The van der Waals surface area contributed by atoms with Gasteiger partial charge in [0.05, 0.1) is 19.7 Å². The summed E-state index contributed by atoms with van der Waals surface area (Å²) in [4.78, 5) is 4.39. The standard InChI is InChI=1S/C27H23FN2O5S/c1-33-24-15-20-22(16-25(24)34-2)30-13-11-23(20)35-18-9-10-19-17(14-18)6-5-7-21(19)27(36(29,31)32)12-4-3-8-26(27)28/h3-16,26H,1-2H3,(H2,29,31,32). The summed E-state index contributed by atoms with van der Waals surface area (Å²) >= 11 is 0. The predicted octanol–water partition coefficient (Wildman–Crippen LogP) is 5.15. The zero-order valence-corrected chi connectivity index (χ0v) is 20.3. The molecular formula is C27H23FN2O5S. The van der Waals surface area contributed by atoms with Crippen molar-refractivity contribution < 1.29 is 27.0 Å². The highest BCUT2D eigenvalue weighted by Crippen LogP contribution is 2.43. The molecule has 0 saturated carbocycles. The molecule has 2 atom stereocenters. The minimum Gasteiger partial charge on any atom is -0.493 e. The molecule has 0 bridgehead atoms. The number of fused-ring (bicyclic) bond motifs is 2. The van der Waals surface area contributed by atoms with Gasteiger partial charge in [-0.1, -0.05) is 42.5 Å². The largest absolute Gasteiger partial charge is 0.493 e. The Bertz CT molecular complexity index is 1650. The number of aromatic nitrogens is 1. The zero-order chi connectivity index (χ0) is 25.5. The van der Waals surface area contributed by atoms with Gasteiger partial charge in [0.15, 0.2) is 16.2 Å². The summed E-state index contributed by atoms with van der Waals surface area (Å²) in [5.74, 6) is 2.13. The van der Waals surface area contributed by atoms with E-state index in [1.54, 1.807) is 75.0 Å². The molecule has 36 heavy (non-hydrogen) atoms. The molecule has 0 fully saturated rings. The minimum absolute atomic E-state index is 0.258. The van der Waals surface area contributed by atoms with Crippen molar-refractivity contribution >= 4 is 31.7 Å². The normalized spacial score (nSPS) is 19.5. The van der Waals surface area contributed by atoms with Crippen LogP contribution in [-0.2, 0) is 14.8 Å². The smallest absolute Gasteiger partial charge is 0.225 e. The number of primary sulfonamides is 1. The molecule has 0 spiro atoms. The molecule has 0 radical (unpaired) electrons. The van der Waals surface area contributed by atoms with Crippen LogP contribution in [0.2, 0.25) is 0 Å².